The lowest BCUT2D eigenvalue weighted by atomic mass is 10.4. The van der Waals surface area contributed by atoms with Gasteiger partial charge >= 0.3 is 0 Å². The van der Waals surface area contributed by atoms with Crippen LogP contribution in [0.25, 0.3) is 0 Å². The number of hydrogen-bond donors (Lipinski definition) is 0. The largest absolute Gasteiger partial charge is 0.356 e. The highest BCUT2D eigenvalue weighted by molar-refractivity contribution is 4.67. The van der Waals surface area contributed by atoms with Gasteiger partial charge in [-0.05, 0) is 12.8 Å². The third-order valence-electron chi connectivity index (χ3n) is 0.473. The van der Waals surface area contributed by atoms with Crippen molar-refractivity contribution in [1.82, 2.24) is 0 Å². The van der Waals surface area contributed by atoms with Crippen LogP contribution in [0, 0.1) is 13.2 Å². The summed E-state index contributed by atoms with van der Waals surface area (Å²) >= 11 is 0. The second kappa shape index (κ2) is 1.41. The number of ether oxygens (including phenoxy) is 1. The molecule has 0 aliphatic carbocycles. The summed E-state index contributed by atoms with van der Waals surface area (Å²) in [5.74, 6) is 0. The molecule has 1 saturated heterocycles. The fourth-order valence-electron chi connectivity index (χ4n) is 0.255. The van der Waals surface area contributed by atoms with E-state index in [2.05, 4.69) is 18.0 Å². The highest BCUT2D eigenvalue weighted by Gasteiger charge is 1.99. The summed E-state index contributed by atoms with van der Waals surface area (Å²) in [5.41, 5.74) is 0. The van der Waals surface area contributed by atoms with Gasteiger partial charge in [-0.15, -0.1) is 0 Å². The van der Waals surface area contributed by atoms with Crippen LogP contribution in [0.15, 0.2) is 0 Å². The predicted octanol–water partition coefficient (Wildman–Crippen LogP) is 0.874. The van der Waals surface area contributed by atoms with Gasteiger partial charge in [0.15, 0.2) is 0 Å². The SMILES string of the molecule is [C]1CC[C]O1. The summed E-state index contributed by atoms with van der Waals surface area (Å²) in [7, 11) is 0. The Morgan fingerprint density at radius 3 is 2.00 bits per heavy atom. The Kier molecular flexibility index (Phi) is 0.892. The Morgan fingerprint density at radius 2 is 1.80 bits per heavy atom. The van der Waals surface area contributed by atoms with E-state index in [1.54, 1.807) is 0 Å². The number of rotatable bonds is 0. The molecule has 0 N–H and O–H groups in total. The van der Waals surface area contributed by atoms with Crippen molar-refractivity contribution in [3.8, 4) is 0 Å². The molecule has 5 heavy (non-hydrogen) atoms. The van der Waals surface area contributed by atoms with Crippen molar-refractivity contribution in [3.63, 3.8) is 0 Å². The molecule has 1 rings (SSSR count). The molecule has 0 aromatic heterocycles. The molecule has 0 aromatic rings. The Labute approximate surface area is 31.9 Å². The average Bonchev–Trinajstić information content (AvgIpc) is 1.76. The monoisotopic (exact) mass is 68.0 g/mol. The van der Waals surface area contributed by atoms with Gasteiger partial charge in [-0.1, -0.05) is 0 Å². The van der Waals surface area contributed by atoms with Crippen LogP contribution in [0.1, 0.15) is 12.8 Å². The normalized spacial score (nSPS) is 24.0. The van der Waals surface area contributed by atoms with Gasteiger partial charge in [-0.25, -0.2) is 0 Å². The van der Waals surface area contributed by atoms with Crippen LogP contribution >= 0.6 is 0 Å². The van der Waals surface area contributed by atoms with Gasteiger partial charge < -0.3 is 4.74 Å². The zero-order valence-corrected chi connectivity index (χ0v) is 2.82. The zero-order chi connectivity index (χ0) is 3.54. The first-order valence-corrected chi connectivity index (χ1v) is 1.62. The number of hydrogen-bond acceptors (Lipinski definition) is 1. The molecular formula is C4H4O. The van der Waals surface area contributed by atoms with E-state index >= 15 is 0 Å². The van der Waals surface area contributed by atoms with E-state index in [9.17, 15) is 0 Å². The molecule has 1 aliphatic heterocycles. The predicted molar refractivity (Wildman–Crippen MR) is 16.8 cm³/mol. The Balaban J connectivity index is 2.08. The van der Waals surface area contributed by atoms with Crippen LogP contribution < -0.4 is 0 Å². The van der Waals surface area contributed by atoms with E-state index in [0.29, 0.717) is 0 Å². The molecule has 0 atom stereocenters. The van der Waals surface area contributed by atoms with E-state index in [1.165, 1.54) is 0 Å². The molecule has 1 nitrogen and oxygen atoms in total. The zero-order valence-electron chi connectivity index (χ0n) is 2.82. The summed E-state index contributed by atoms with van der Waals surface area (Å²) in [4.78, 5) is 0. The van der Waals surface area contributed by atoms with Crippen LogP contribution in [0.5, 0.6) is 0 Å². The molecule has 1 heteroatoms. The van der Waals surface area contributed by atoms with E-state index in [4.69, 9.17) is 0 Å². The smallest absolute Gasteiger partial charge is 0.133 e. The van der Waals surface area contributed by atoms with E-state index in [-0.39, 0.29) is 0 Å². The van der Waals surface area contributed by atoms with Crippen molar-refractivity contribution >= 4 is 0 Å². The molecule has 0 aromatic carbocycles. The minimum Gasteiger partial charge on any atom is -0.356 e. The first-order chi connectivity index (χ1) is 2.50. The van der Waals surface area contributed by atoms with E-state index in [1.807, 2.05) is 0 Å². The highest BCUT2D eigenvalue weighted by Crippen LogP contribution is 2.08. The maximum absolute atomic E-state index is 4.44. The van der Waals surface area contributed by atoms with Gasteiger partial charge in [0.1, 0.15) is 13.2 Å². The van der Waals surface area contributed by atoms with Gasteiger partial charge in [-0.2, -0.15) is 0 Å². The summed E-state index contributed by atoms with van der Waals surface area (Å²) < 4.78 is 4.44. The van der Waals surface area contributed by atoms with Crippen molar-refractivity contribution in [3.05, 3.63) is 13.2 Å². The highest BCUT2D eigenvalue weighted by atomic mass is 16.5. The molecule has 0 unspecified atom stereocenters. The molecule has 26 valence electrons. The summed E-state index contributed by atoms with van der Waals surface area (Å²) in [6, 6.07) is 0. The fourth-order valence-corrected chi connectivity index (χ4v) is 0.255. The quantitative estimate of drug-likeness (QED) is 0.409. The van der Waals surface area contributed by atoms with Gasteiger partial charge in [0.05, 0.1) is 0 Å². The minimum atomic E-state index is 0.917. The second-order valence-electron chi connectivity index (χ2n) is 0.891. The Hall–Kier alpha value is -0.0400. The van der Waals surface area contributed by atoms with Gasteiger partial charge in [-0.3, -0.25) is 0 Å². The molecule has 0 bridgehead atoms. The van der Waals surface area contributed by atoms with Crippen LogP contribution in [0.4, 0.5) is 0 Å². The Bertz CT molecular complexity index is 15.2. The van der Waals surface area contributed by atoms with Crippen molar-refractivity contribution in [2.45, 2.75) is 12.8 Å². The van der Waals surface area contributed by atoms with Gasteiger partial charge in [0.2, 0.25) is 0 Å². The molecular weight excluding hydrogens is 64.0 g/mol. The van der Waals surface area contributed by atoms with Crippen molar-refractivity contribution in [1.29, 1.82) is 0 Å². The first kappa shape index (κ1) is 3.16. The van der Waals surface area contributed by atoms with Crippen LogP contribution in [0.2, 0.25) is 0 Å². The first-order valence-electron chi connectivity index (χ1n) is 1.62. The molecule has 4 radical (unpaired) electrons. The van der Waals surface area contributed by atoms with Crippen molar-refractivity contribution < 1.29 is 4.74 Å². The van der Waals surface area contributed by atoms with E-state index < -0.39 is 0 Å². The standard InChI is InChI=1S/C4H4O/c1-2-4-5-3-1/h1-2H2. The molecule has 0 saturated carbocycles. The van der Waals surface area contributed by atoms with Crippen LogP contribution in [0.3, 0.4) is 0 Å². The van der Waals surface area contributed by atoms with Crippen LogP contribution in [-0.2, 0) is 4.74 Å². The lowest BCUT2D eigenvalue weighted by Crippen LogP contribution is -1.59. The van der Waals surface area contributed by atoms with Crippen molar-refractivity contribution in [2.24, 2.45) is 0 Å². The van der Waals surface area contributed by atoms with Crippen molar-refractivity contribution in [2.75, 3.05) is 0 Å². The average molecular weight is 68.1 g/mol. The lowest BCUT2D eigenvalue weighted by Gasteiger charge is -1.71. The van der Waals surface area contributed by atoms with Gasteiger partial charge in [0, 0.05) is 0 Å². The topological polar surface area (TPSA) is 9.23 Å². The molecule has 1 aliphatic rings. The maximum atomic E-state index is 4.44. The Morgan fingerprint density at radius 1 is 1.20 bits per heavy atom. The van der Waals surface area contributed by atoms with E-state index in [0.717, 1.165) is 12.8 Å². The van der Waals surface area contributed by atoms with Gasteiger partial charge in [0.25, 0.3) is 0 Å². The molecule has 0 amide bonds. The molecule has 0 spiro atoms. The third-order valence-corrected chi connectivity index (χ3v) is 0.473. The minimum absolute atomic E-state index is 0.917. The summed E-state index contributed by atoms with van der Waals surface area (Å²) in [6.45, 7) is 5.22. The second-order valence-corrected chi connectivity index (χ2v) is 0.891. The molecule has 1 fully saturated rings. The third kappa shape index (κ3) is 0.618. The lowest BCUT2D eigenvalue weighted by molar-refractivity contribution is 0.319. The summed E-state index contributed by atoms with van der Waals surface area (Å²) in [6.07, 6.45) is 1.83. The maximum Gasteiger partial charge on any atom is 0.133 e. The molecule has 1 heterocycles. The summed E-state index contributed by atoms with van der Waals surface area (Å²) in [5, 5.41) is 0. The van der Waals surface area contributed by atoms with Crippen LogP contribution in [-0.4, -0.2) is 0 Å². The fraction of sp³-hybridized carbons (Fsp3) is 0.500.